The smallest absolute Gasteiger partial charge is 0.179 e. The zero-order valence-corrected chi connectivity index (χ0v) is 6.09. The second-order valence-corrected chi connectivity index (χ2v) is 1.92. The van der Waals surface area contributed by atoms with Crippen molar-refractivity contribution in [2.45, 2.75) is 11.7 Å². The van der Waals surface area contributed by atoms with Gasteiger partial charge in [-0.05, 0) is 0 Å². The second-order valence-electron chi connectivity index (χ2n) is 1.42. The van der Waals surface area contributed by atoms with Gasteiger partial charge in [-0.1, -0.05) is 0 Å². The van der Waals surface area contributed by atoms with Crippen LogP contribution in [-0.4, -0.2) is 32.2 Å². The highest BCUT2D eigenvalue weighted by Crippen LogP contribution is 2.03. The van der Waals surface area contributed by atoms with Crippen molar-refractivity contribution in [3.63, 3.8) is 0 Å². The van der Waals surface area contributed by atoms with Crippen molar-refractivity contribution in [3.8, 4) is 0 Å². The Labute approximate surface area is 58.9 Å². The van der Waals surface area contributed by atoms with E-state index in [-0.39, 0.29) is 0 Å². The number of carbonyl (C=O) groups excluding carboxylic acids is 1. The van der Waals surface area contributed by atoms with Crippen LogP contribution in [-0.2, 0) is 14.3 Å². The molecule has 0 fully saturated rings. The van der Waals surface area contributed by atoms with Crippen LogP contribution >= 0.6 is 11.6 Å². The summed E-state index contributed by atoms with van der Waals surface area (Å²) < 4.78 is 9.33. The molecular formula is C5H9ClO3. The topological polar surface area (TPSA) is 35.5 Å². The van der Waals surface area contributed by atoms with Crippen molar-refractivity contribution in [3.05, 3.63) is 0 Å². The summed E-state index contributed by atoms with van der Waals surface area (Å²) in [5.74, 6) is 0. The number of methoxy groups -OCH3 is 2. The molecule has 0 rings (SSSR count). The lowest BCUT2D eigenvalue weighted by molar-refractivity contribution is -0.126. The number of ether oxygens (including phenoxy) is 2. The van der Waals surface area contributed by atoms with Gasteiger partial charge in [-0.25, -0.2) is 0 Å². The van der Waals surface area contributed by atoms with Crippen LogP contribution < -0.4 is 0 Å². The third kappa shape index (κ3) is 2.79. The van der Waals surface area contributed by atoms with Gasteiger partial charge in [-0.15, -0.1) is 11.6 Å². The van der Waals surface area contributed by atoms with E-state index in [1.54, 1.807) is 0 Å². The van der Waals surface area contributed by atoms with Crippen molar-refractivity contribution in [1.82, 2.24) is 0 Å². The number of alkyl halides is 1. The number of rotatable bonds is 4. The maximum atomic E-state index is 9.97. The lowest BCUT2D eigenvalue weighted by Gasteiger charge is -2.13. The number of hydrogen-bond acceptors (Lipinski definition) is 3. The van der Waals surface area contributed by atoms with Gasteiger partial charge in [0.1, 0.15) is 11.7 Å². The van der Waals surface area contributed by atoms with Crippen LogP contribution in [0.25, 0.3) is 0 Å². The summed E-state index contributed by atoms with van der Waals surface area (Å²) >= 11 is 5.41. The Bertz CT molecular complexity index is 82.3. The predicted molar refractivity (Wildman–Crippen MR) is 33.5 cm³/mol. The summed E-state index contributed by atoms with van der Waals surface area (Å²) in [6.07, 6.45) is -0.0664. The monoisotopic (exact) mass is 152 g/mol. The molecule has 0 spiro atoms. The van der Waals surface area contributed by atoms with Crippen molar-refractivity contribution in [2.24, 2.45) is 0 Å². The number of aldehydes is 1. The third-order valence-corrected chi connectivity index (χ3v) is 1.16. The first-order valence-electron chi connectivity index (χ1n) is 2.41. The lowest BCUT2D eigenvalue weighted by Crippen LogP contribution is -2.26. The fourth-order valence-electron chi connectivity index (χ4n) is 0.420. The van der Waals surface area contributed by atoms with Crippen molar-refractivity contribution >= 4 is 17.9 Å². The Morgan fingerprint density at radius 2 is 1.89 bits per heavy atom. The predicted octanol–water partition coefficient (Wildman–Crippen LogP) is 0.412. The minimum atomic E-state index is -0.722. The van der Waals surface area contributed by atoms with E-state index in [1.807, 2.05) is 0 Å². The molecule has 0 N–H and O–H groups in total. The number of halogens is 1. The van der Waals surface area contributed by atoms with E-state index in [9.17, 15) is 4.79 Å². The molecule has 0 saturated heterocycles. The van der Waals surface area contributed by atoms with Gasteiger partial charge < -0.3 is 14.3 Å². The average molecular weight is 153 g/mol. The molecule has 0 aromatic rings. The molecule has 1 unspecified atom stereocenters. The Balaban J connectivity index is 3.63. The molecule has 0 aromatic heterocycles. The van der Waals surface area contributed by atoms with Crippen LogP contribution in [0.15, 0.2) is 0 Å². The van der Waals surface area contributed by atoms with Gasteiger partial charge in [0.2, 0.25) is 0 Å². The van der Waals surface area contributed by atoms with Crippen LogP contribution in [0.4, 0.5) is 0 Å². The van der Waals surface area contributed by atoms with Crippen molar-refractivity contribution in [1.29, 1.82) is 0 Å². The highest BCUT2D eigenvalue weighted by Gasteiger charge is 2.15. The number of carbonyl (C=O) groups is 1. The fraction of sp³-hybridized carbons (Fsp3) is 0.800. The molecule has 0 heterocycles. The highest BCUT2D eigenvalue weighted by molar-refractivity contribution is 6.27. The minimum Gasteiger partial charge on any atom is -0.354 e. The molecule has 4 heteroatoms. The molecule has 1 atom stereocenters. The van der Waals surface area contributed by atoms with Crippen LogP contribution in [0.3, 0.4) is 0 Å². The molecular weight excluding hydrogens is 144 g/mol. The van der Waals surface area contributed by atoms with Gasteiger partial charge in [0, 0.05) is 14.2 Å². The van der Waals surface area contributed by atoms with Gasteiger partial charge >= 0.3 is 0 Å². The molecule has 3 nitrogen and oxygen atoms in total. The Hall–Kier alpha value is -0.120. The summed E-state index contributed by atoms with van der Waals surface area (Å²) in [6.45, 7) is 0. The standard InChI is InChI=1S/C5H9ClO3/c1-8-5(9-2)4(6)3-7/h3-5H,1-2H3. The van der Waals surface area contributed by atoms with Crippen LogP contribution in [0.5, 0.6) is 0 Å². The maximum absolute atomic E-state index is 9.97. The average Bonchev–Trinajstić information content (AvgIpc) is 1.90. The molecule has 0 aliphatic rings. The fourth-order valence-corrected chi connectivity index (χ4v) is 0.626. The Kier molecular flexibility index (Phi) is 4.67. The van der Waals surface area contributed by atoms with Crippen LogP contribution in [0, 0.1) is 0 Å². The summed E-state index contributed by atoms with van der Waals surface area (Å²) in [5.41, 5.74) is 0. The van der Waals surface area contributed by atoms with Gasteiger partial charge in [0.05, 0.1) is 0 Å². The molecule has 0 saturated carbocycles. The lowest BCUT2D eigenvalue weighted by atomic mass is 10.4. The SMILES string of the molecule is COC(OC)C(Cl)C=O. The summed E-state index contributed by atoms with van der Waals surface area (Å²) in [5, 5.41) is -0.722. The van der Waals surface area contributed by atoms with Gasteiger partial charge in [-0.3, -0.25) is 0 Å². The summed E-state index contributed by atoms with van der Waals surface area (Å²) in [6, 6.07) is 0. The second kappa shape index (κ2) is 4.73. The van der Waals surface area contributed by atoms with Gasteiger partial charge in [0.25, 0.3) is 0 Å². The molecule has 54 valence electrons. The van der Waals surface area contributed by atoms with E-state index in [2.05, 4.69) is 9.47 Å². The van der Waals surface area contributed by atoms with E-state index in [4.69, 9.17) is 11.6 Å². The van der Waals surface area contributed by atoms with Gasteiger partial charge in [-0.2, -0.15) is 0 Å². The van der Waals surface area contributed by atoms with E-state index in [0.29, 0.717) is 6.29 Å². The number of hydrogen-bond donors (Lipinski definition) is 0. The van der Waals surface area contributed by atoms with Crippen LogP contribution in [0.2, 0.25) is 0 Å². The molecule has 0 amide bonds. The quantitative estimate of drug-likeness (QED) is 0.333. The van der Waals surface area contributed by atoms with E-state index in [1.165, 1.54) is 14.2 Å². The Morgan fingerprint density at radius 1 is 1.44 bits per heavy atom. The largest absolute Gasteiger partial charge is 0.354 e. The molecule has 0 aliphatic heterocycles. The molecule has 0 bridgehead atoms. The first-order chi connectivity index (χ1) is 4.26. The highest BCUT2D eigenvalue weighted by atomic mass is 35.5. The Morgan fingerprint density at radius 3 is 2.00 bits per heavy atom. The van der Waals surface area contributed by atoms with E-state index in [0.717, 1.165) is 0 Å². The van der Waals surface area contributed by atoms with Crippen molar-refractivity contribution in [2.75, 3.05) is 14.2 Å². The summed E-state index contributed by atoms with van der Waals surface area (Å²) in [7, 11) is 2.85. The first kappa shape index (κ1) is 8.88. The maximum Gasteiger partial charge on any atom is 0.179 e. The molecule has 0 radical (unpaired) electrons. The zero-order valence-electron chi connectivity index (χ0n) is 5.33. The minimum absolute atomic E-state index is 0.569. The van der Waals surface area contributed by atoms with Crippen molar-refractivity contribution < 1.29 is 14.3 Å². The first-order valence-corrected chi connectivity index (χ1v) is 2.84. The molecule has 0 aliphatic carbocycles. The molecule has 0 aromatic carbocycles. The summed E-state index contributed by atoms with van der Waals surface area (Å²) in [4.78, 5) is 9.97. The van der Waals surface area contributed by atoms with Crippen LogP contribution in [0.1, 0.15) is 0 Å². The van der Waals surface area contributed by atoms with E-state index >= 15 is 0 Å². The van der Waals surface area contributed by atoms with E-state index < -0.39 is 11.7 Å². The third-order valence-electron chi connectivity index (χ3n) is 0.855. The normalized spacial score (nSPS) is 13.8. The zero-order chi connectivity index (χ0) is 7.28. The molecule has 9 heavy (non-hydrogen) atoms. The van der Waals surface area contributed by atoms with Gasteiger partial charge in [0.15, 0.2) is 6.29 Å².